The molecule has 7 aromatic rings. The van der Waals surface area contributed by atoms with Gasteiger partial charge in [-0.1, -0.05) is 103 Å². The van der Waals surface area contributed by atoms with Crippen LogP contribution in [0.5, 0.6) is 0 Å². The molecule has 1 atom stereocenters. The summed E-state index contributed by atoms with van der Waals surface area (Å²) in [6.45, 7) is 0. The van der Waals surface area contributed by atoms with Gasteiger partial charge in [-0.25, -0.2) is 0 Å². The monoisotopic (exact) mass is 489 g/mol. The fourth-order valence-electron chi connectivity index (χ4n) is 5.70. The van der Waals surface area contributed by atoms with E-state index in [-0.39, 0.29) is 6.04 Å². The lowest BCUT2D eigenvalue weighted by molar-refractivity contribution is 0.671. The molecule has 3 heterocycles. The van der Waals surface area contributed by atoms with Crippen LogP contribution in [0.1, 0.15) is 17.2 Å². The van der Waals surface area contributed by atoms with Crippen LogP contribution in [0, 0.1) is 0 Å². The number of nitrogens with one attached hydrogen (secondary N) is 1. The van der Waals surface area contributed by atoms with Gasteiger partial charge in [-0.05, 0) is 29.8 Å². The van der Waals surface area contributed by atoms with Gasteiger partial charge in [0.1, 0.15) is 17.2 Å². The first-order chi connectivity index (χ1) is 18.8. The third-order valence-corrected chi connectivity index (χ3v) is 7.44. The summed E-state index contributed by atoms with van der Waals surface area (Å²) in [4.78, 5) is 5.13. The molecule has 4 heteroatoms. The maximum Gasteiger partial charge on any atom is 0.160 e. The lowest BCUT2D eigenvalue weighted by Crippen LogP contribution is -2.30. The van der Waals surface area contributed by atoms with E-state index in [2.05, 4.69) is 101 Å². The number of aromatic nitrogens is 1. The van der Waals surface area contributed by atoms with Crippen molar-refractivity contribution in [1.29, 1.82) is 0 Å². The lowest BCUT2D eigenvalue weighted by Gasteiger charge is -2.24. The molecule has 0 fully saturated rings. The van der Waals surface area contributed by atoms with Crippen LogP contribution in [-0.4, -0.2) is 10.4 Å². The molecule has 0 radical (unpaired) electrons. The summed E-state index contributed by atoms with van der Waals surface area (Å²) in [5, 5.41) is 8.28. The number of rotatable bonds is 3. The first kappa shape index (κ1) is 21.0. The predicted octanol–water partition coefficient (Wildman–Crippen LogP) is 8.28. The predicted molar refractivity (Wildman–Crippen MR) is 156 cm³/mol. The molecular formula is C34H23N3O. The summed E-state index contributed by atoms with van der Waals surface area (Å²) in [5.41, 5.74) is 6.16. The first-order valence-corrected chi connectivity index (χ1v) is 12.9. The Kier molecular flexibility index (Phi) is 4.55. The quantitative estimate of drug-likeness (QED) is 0.271. The molecule has 0 aliphatic carbocycles. The number of hydrogen-bond acceptors (Lipinski definition) is 3. The van der Waals surface area contributed by atoms with E-state index in [0.29, 0.717) is 0 Å². The third kappa shape index (κ3) is 3.14. The van der Waals surface area contributed by atoms with Gasteiger partial charge in [-0.15, -0.1) is 0 Å². The van der Waals surface area contributed by atoms with Gasteiger partial charge in [-0.2, -0.15) is 0 Å². The van der Waals surface area contributed by atoms with E-state index in [4.69, 9.17) is 9.41 Å². The zero-order valence-corrected chi connectivity index (χ0v) is 20.5. The van der Waals surface area contributed by atoms with Crippen molar-refractivity contribution in [3.8, 4) is 0 Å². The largest absolute Gasteiger partial charge is 0.454 e. The van der Waals surface area contributed by atoms with Crippen LogP contribution in [0.4, 0.5) is 0 Å². The highest BCUT2D eigenvalue weighted by atomic mass is 16.3. The molecule has 0 saturated heterocycles. The van der Waals surface area contributed by atoms with Gasteiger partial charge in [0.25, 0.3) is 0 Å². The smallest absolute Gasteiger partial charge is 0.160 e. The maximum absolute atomic E-state index is 6.54. The van der Waals surface area contributed by atoms with Crippen LogP contribution in [0.3, 0.4) is 0 Å². The molecule has 0 amide bonds. The van der Waals surface area contributed by atoms with Crippen LogP contribution in [0.15, 0.2) is 137 Å². The van der Waals surface area contributed by atoms with E-state index < -0.39 is 0 Å². The minimum absolute atomic E-state index is 0.131. The average molecular weight is 490 g/mol. The van der Waals surface area contributed by atoms with Gasteiger partial charge in [0.15, 0.2) is 5.58 Å². The number of amidine groups is 1. The Morgan fingerprint density at radius 3 is 2.16 bits per heavy atom. The number of nitrogens with zero attached hydrogens (tertiary/aromatic N) is 2. The molecule has 0 saturated carbocycles. The van der Waals surface area contributed by atoms with E-state index in [1.54, 1.807) is 0 Å². The topological polar surface area (TPSA) is 42.5 Å². The summed E-state index contributed by atoms with van der Waals surface area (Å²) >= 11 is 0. The zero-order valence-electron chi connectivity index (χ0n) is 20.5. The van der Waals surface area contributed by atoms with E-state index in [1.807, 2.05) is 36.4 Å². The summed E-state index contributed by atoms with van der Waals surface area (Å²) in [6, 6.07) is 41.9. The van der Waals surface area contributed by atoms with Gasteiger partial charge in [0.05, 0.1) is 17.1 Å². The zero-order chi connectivity index (χ0) is 25.1. The fourth-order valence-corrected chi connectivity index (χ4v) is 5.70. The van der Waals surface area contributed by atoms with Crippen molar-refractivity contribution < 1.29 is 4.42 Å². The fraction of sp³-hybridized carbons (Fsp3) is 0.0294. The minimum Gasteiger partial charge on any atom is -0.454 e. The molecule has 1 unspecified atom stereocenters. The van der Waals surface area contributed by atoms with Crippen LogP contribution in [0.25, 0.3) is 49.6 Å². The Morgan fingerprint density at radius 2 is 1.32 bits per heavy atom. The Balaban J connectivity index is 1.45. The van der Waals surface area contributed by atoms with Crippen molar-refractivity contribution in [2.45, 2.75) is 6.04 Å². The molecule has 38 heavy (non-hydrogen) atoms. The highest BCUT2D eigenvalue weighted by molar-refractivity contribution is 6.22. The number of aliphatic imine (C=N–C) groups is 1. The molecule has 0 bridgehead atoms. The Labute approximate surface area is 219 Å². The summed E-state index contributed by atoms with van der Waals surface area (Å²) < 4.78 is 8.85. The van der Waals surface area contributed by atoms with E-state index >= 15 is 0 Å². The second-order valence-electron chi connectivity index (χ2n) is 9.67. The van der Waals surface area contributed by atoms with Crippen molar-refractivity contribution >= 4 is 55.4 Å². The van der Waals surface area contributed by atoms with Crippen LogP contribution in [-0.2, 0) is 0 Å². The molecule has 5 aromatic carbocycles. The van der Waals surface area contributed by atoms with E-state index in [1.165, 1.54) is 5.39 Å². The summed E-state index contributed by atoms with van der Waals surface area (Å²) in [7, 11) is 0. The van der Waals surface area contributed by atoms with Crippen molar-refractivity contribution in [1.82, 2.24) is 9.88 Å². The van der Waals surface area contributed by atoms with E-state index in [0.717, 1.165) is 61.1 Å². The summed E-state index contributed by atoms with van der Waals surface area (Å²) in [5.74, 6) is 1.81. The maximum atomic E-state index is 6.54. The van der Waals surface area contributed by atoms with Crippen molar-refractivity contribution in [3.05, 3.63) is 139 Å². The van der Waals surface area contributed by atoms with Gasteiger partial charge in [0, 0.05) is 27.1 Å². The Bertz CT molecular complexity index is 2050. The summed E-state index contributed by atoms with van der Waals surface area (Å²) in [6.07, 6.45) is 2.22. The molecule has 1 aliphatic rings. The highest BCUT2D eigenvalue weighted by Gasteiger charge is 2.24. The lowest BCUT2D eigenvalue weighted by atomic mass is 10.0. The van der Waals surface area contributed by atoms with Crippen LogP contribution in [0.2, 0.25) is 0 Å². The number of hydrogen-bond donors (Lipinski definition) is 1. The third-order valence-electron chi connectivity index (χ3n) is 7.44. The molecule has 0 spiro atoms. The standard InChI is InChI=1S/C34H23N3O/c1-3-11-22(12-4-1)28-21-31(36-34(35-28)23-13-5-2-6-14-23)37-29-17-9-7-15-24(29)26-19-20-27-25-16-8-10-18-30(25)38-33(27)32(26)37/h1-21,28H,(H,35,36). The Morgan fingerprint density at radius 1 is 0.632 bits per heavy atom. The molecule has 4 nitrogen and oxygen atoms in total. The Hall–Kier alpha value is -5.09. The van der Waals surface area contributed by atoms with Crippen molar-refractivity contribution in [2.24, 2.45) is 4.99 Å². The number of furan rings is 1. The number of benzene rings is 5. The van der Waals surface area contributed by atoms with Gasteiger partial charge in [-0.3, -0.25) is 9.56 Å². The van der Waals surface area contributed by atoms with Crippen molar-refractivity contribution in [3.63, 3.8) is 0 Å². The SMILES string of the molecule is C1=C(n2c3ccccc3c3ccc4c5ccccc5oc4c32)NC(c2ccccc2)=NC1c1ccccc1. The molecule has 1 N–H and O–H groups in total. The second kappa shape index (κ2) is 8.22. The number of para-hydroxylation sites is 2. The molecule has 8 rings (SSSR count). The van der Waals surface area contributed by atoms with Crippen LogP contribution < -0.4 is 5.32 Å². The normalized spacial score (nSPS) is 15.6. The van der Waals surface area contributed by atoms with E-state index in [9.17, 15) is 0 Å². The molecular weight excluding hydrogens is 466 g/mol. The van der Waals surface area contributed by atoms with Gasteiger partial charge >= 0.3 is 0 Å². The molecule has 1 aliphatic heterocycles. The first-order valence-electron chi connectivity index (χ1n) is 12.9. The molecule has 180 valence electrons. The number of fused-ring (bicyclic) bond motifs is 7. The second-order valence-corrected chi connectivity index (χ2v) is 9.67. The van der Waals surface area contributed by atoms with Gasteiger partial charge in [0.2, 0.25) is 0 Å². The molecule has 2 aromatic heterocycles. The highest BCUT2D eigenvalue weighted by Crippen LogP contribution is 2.40. The minimum atomic E-state index is -0.131. The average Bonchev–Trinajstić information content (AvgIpc) is 3.54. The van der Waals surface area contributed by atoms with Gasteiger partial charge < -0.3 is 9.73 Å². The van der Waals surface area contributed by atoms with Crippen molar-refractivity contribution in [2.75, 3.05) is 0 Å². The van der Waals surface area contributed by atoms with Crippen LogP contribution >= 0.6 is 0 Å².